The average molecular weight is 300 g/mol. The van der Waals surface area contributed by atoms with Crippen LogP contribution in [0.4, 0.5) is 18.9 Å². The summed E-state index contributed by atoms with van der Waals surface area (Å²) in [7, 11) is 0. The van der Waals surface area contributed by atoms with Crippen molar-refractivity contribution in [3.63, 3.8) is 0 Å². The molecule has 116 valence electrons. The molecule has 1 aliphatic heterocycles. The van der Waals surface area contributed by atoms with E-state index >= 15 is 0 Å². The molecule has 21 heavy (non-hydrogen) atoms. The van der Waals surface area contributed by atoms with Gasteiger partial charge in [-0.1, -0.05) is 13.8 Å². The van der Waals surface area contributed by atoms with E-state index in [1.165, 1.54) is 6.07 Å². The van der Waals surface area contributed by atoms with Crippen LogP contribution >= 0.6 is 0 Å². The van der Waals surface area contributed by atoms with Gasteiger partial charge < -0.3 is 10.6 Å². The topological polar surface area (TPSA) is 46.3 Å². The second-order valence-corrected chi connectivity index (χ2v) is 6.25. The van der Waals surface area contributed by atoms with Crippen molar-refractivity contribution in [2.75, 3.05) is 18.0 Å². The lowest BCUT2D eigenvalue weighted by Gasteiger charge is -2.39. The van der Waals surface area contributed by atoms with Crippen LogP contribution in [-0.2, 0) is 6.18 Å². The van der Waals surface area contributed by atoms with Crippen molar-refractivity contribution in [1.29, 1.82) is 0 Å². The summed E-state index contributed by atoms with van der Waals surface area (Å²) in [6.45, 7) is 5.50. The van der Waals surface area contributed by atoms with Gasteiger partial charge in [-0.3, -0.25) is 4.79 Å². The van der Waals surface area contributed by atoms with Gasteiger partial charge in [-0.2, -0.15) is 13.2 Å². The van der Waals surface area contributed by atoms with Crippen molar-refractivity contribution in [1.82, 2.24) is 0 Å². The third-order valence-electron chi connectivity index (χ3n) is 4.05. The van der Waals surface area contributed by atoms with Gasteiger partial charge in [-0.15, -0.1) is 0 Å². The number of rotatable bonds is 2. The summed E-state index contributed by atoms with van der Waals surface area (Å²) in [6.07, 6.45) is -2.71. The maximum Gasteiger partial charge on any atom is 0.416 e. The van der Waals surface area contributed by atoms with Crippen molar-refractivity contribution in [2.45, 2.75) is 32.9 Å². The molecule has 0 saturated carbocycles. The fraction of sp³-hybridized carbons (Fsp3) is 0.533. The highest BCUT2D eigenvalue weighted by atomic mass is 19.4. The monoisotopic (exact) mass is 300 g/mol. The van der Waals surface area contributed by atoms with Crippen molar-refractivity contribution >= 4 is 11.6 Å². The Balaban J connectivity index is 2.38. The fourth-order valence-corrected chi connectivity index (χ4v) is 2.53. The predicted octanol–water partition coefficient (Wildman–Crippen LogP) is 3.43. The number of hydrogen-bond acceptors (Lipinski definition) is 2. The Labute approximate surface area is 121 Å². The molecule has 0 atom stereocenters. The van der Waals surface area contributed by atoms with Crippen LogP contribution < -0.4 is 10.6 Å². The lowest BCUT2D eigenvalue weighted by atomic mass is 9.82. The maximum atomic E-state index is 12.9. The molecule has 2 rings (SSSR count). The number of carbonyl (C=O) groups excluding carboxylic acids is 1. The number of nitrogens with two attached hydrogens (primary N) is 1. The Morgan fingerprint density at radius 2 is 1.81 bits per heavy atom. The van der Waals surface area contributed by atoms with Gasteiger partial charge in [0.05, 0.1) is 16.8 Å². The zero-order valence-electron chi connectivity index (χ0n) is 12.1. The second kappa shape index (κ2) is 5.24. The summed E-state index contributed by atoms with van der Waals surface area (Å²) >= 11 is 0. The first kappa shape index (κ1) is 15.7. The minimum absolute atomic E-state index is 0.141. The van der Waals surface area contributed by atoms with Gasteiger partial charge in [-0.25, -0.2) is 0 Å². The molecule has 1 aromatic carbocycles. The van der Waals surface area contributed by atoms with E-state index in [-0.39, 0.29) is 16.7 Å². The lowest BCUT2D eigenvalue weighted by Crippen LogP contribution is -2.38. The van der Waals surface area contributed by atoms with E-state index in [1.54, 1.807) is 0 Å². The molecule has 0 aliphatic carbocycles. The van der Waals surface area contributed by atoms with Crippen LogP contribution in [0.2, 0.25) is 0 Å². The number of nitrogens with zero attached hydrogens (tertiary/aromatic N) is 1. The highest BCUT2D eigenvalue weighted by Gasteiger charge is 2.33. The standard InChI is InChI=1S/C15H19F3N2O/c1-14(2)5-7-20(8-6-14)12-9-10(15(16,17)18)3-4-11(12)13(19)21/h3-4,9H,5-8H2,1-2H3,(H2,19,21). The number of anilines is 1. The van der Waals surface area contributed by atoms with Crippen LogP contribution in [0.15, 0.2) is 18.2 Å². The summed E-state index contributed by atoms with van der Waals surface area (Å²) < 4.78 is 38.6. The quantitative estimate of drug-likeness (QED) is 0.909. The highest BCUT2D eigenvalue weighted by Crippen LogP contribution is 2.37. The summed E-state index contributed by atoms with van der Waals surface area (Å²) in [5, 5.41) is 0. The smallest absolute Gasteiger partial charge is 0.371 e. The number of benzene rings is 1. The Bertz CT molecular complexity index is 542. The number of halogens is 3. The molecule has 2 N–H and O–H groups in total. The van der Waals surface area contributed by atoms with Gasteiger partial charge in [0.15, 0.2) is 0 Å². The van der Waals surface area contributed by atoms with Gasteiger partial charge in [0, 0.05) is 13.1 Å². The minimum atomic E-state index is -4.43. The van der Waals surface area contributed by atoms with E-state index in [1.807, 2.05) is 4.90 Å². The number of alkyl halides is 3. The van der Waals surface area contributed by atoms with Crippen LogP contribution in [0.25, 0.3) is 0 Å². The van der Waals surface area contributed by atoms with Crippen molar-refractivity contribution < 1.29 is 18.0 Å². The van der Waals surface area contributed by atoms with Crippen molar-refractivity contribution in [3.05, 3.63) is 29.3 Å². The minimum Gasteiger partial charge on any atom is -0.371 e. The van der Waals surface area contributed by atoms with E-state index < -0.39 is 17.6 Å². The number of hydrogen-bond donors (Lipinski definition) is 1. The molecule has 6 heteroatoms. The second-order valence-electron chi connectivity index (χ2n) is 6.25. The van der Waals surface area contributed by atoms with Crippen LogP contribution in [0, 0.1) is 5.41 Å². The first-order valence-electron chi connectivity index (χ1n) is 6.86. The molecule has 3 nitrogen and oxygen atoms in total. The lowest BCUT2D eigenvalue weighted by molar-refractivity contribution is -0.137. The maximum absolute atomic E-state index is 12.9. The van der Waals surface area contributed by atoms with E-state index in [0.717, 1.165) is 25.0 Å². The Hall–Kier alpha value is -1.72. The first-order valence-corrected chi connectivity index (χ1v) is 6.86. The largest absolute Gasteiger partial charge is 0.416 e. The zero-order chi connectivity index (χ0) is 15.8. The molecule has 1 aromatic rings. The van der Waals surface area contributed by atoms with Gasteiger partial charge in [-0.05, 0) is 36.5 Å². The Morgan fingerprint density at radius 3 is 2.29 bits per heavy atom. The number of piperidine rings is 1. The van der Waals surface area contributed by atoms with E-state index in [2.05, 4.69) is 13.8 Å². The molecule has 1 heterocycles. The molecule has 0 spiro atoms. The molecular formula is C15H19F3N2O. The van der Waals surface area contributed by atoms with Gasteiger partial charge in [0.1, 0.15) is 0 Å². The van der Waals surface area contributed by atoms with Gasteiger partial charge in [0.25, 0.3) is 5.91 Å². The van der Waals surface area contributed by atoms with E-state index in [4.69, 9.17) is 5.73 Å². The number of primary amides is 1. The number of amides is 1. The Morgan fingerprint density at radius 1 is 1.24 bits per heavy atom. The average Bonchev–Trinajstić information content (AvgIpc) is 2.37. The molecule has 0 unspecified atom stereocenters. The number of carbonyl (C=O) groups is 1. The molecule has 0 bridgehead atoms. The van der Waals surface area contributed by atoms with Crippen molar-refractivity contribution in [3.8, 4) is 0 Å². The zero-order valence-corrected chi connectivity index (χ0v) is 12.1. The molecule has 1 amide bonds. The Kier molecular flexibility index (Phi) is 3.91. The highest BCUT2D eigenvalue weighted by molar-refractivity contribution is 5.98. The van der Waals surface area contributed by atoms with Crippen molar-refractivity contribution in [2.24, 2.45) is 11.1 Å². The molecule has 1 saturated heterocycles. The molecule has 1 fully saturated rings. The summed E-state index contributed by atoms with van der Waals surface area (Å²) in [5.74, 6) is -0.705. The molecule has 1 aliphatic rings. The molecule has 0 aromatic heterocycles. The summed E-state index contributed by atoms with van der Waals surface area (Å²) in [5.41, 5.74) is 5.13. The third-order valence-corrected chi connectivity index (χ3v) is 4.05. The summed E-state index contributed by atoms with van der Waals surface area (Å²) in [6, 6.07) is 3.09. The normalized spacial score (nSPS) is 18.6. The predicted molar refractivity (Wildman–Crippen MR) is 75.2 cm³/mol. The third kappa shape index (κ3) is 3.49. The SMILES string of the molecule is CC1(C)CCN(c2cc(C(F)(F)F)ccc2C(N)=O)CC1. The molecule has 0 radical (unpaired) electrons. The van der Waals surface area contributed by atoms with E-state index in [9.17, 15) is 18.0 Å². The van der Waals surface area contributed by atoms with Crippen LogP contribution in [0.3, 0.4) is 0 Å². The van der Waals surface area contributed by atoms with Gasteiger partial charge in [0.2, 0.25) is 0 Å². The van der Waals surface area contributed by atoms with Crippen LogP contribution in [-0.4, -0.2) is 19.0 Å². The molecular weight excluding hydrogens is 281 g/mol. The fourth-order valence-electron chi connectivity index (χ4n) is 2.53. The van der Waals surface area contributed by atoms with Crippen LogP contribution in [0.5, 0.6) is 0 Å². The summed E-state index contributed by atoms with van der Waals surface area (Å²) in [4.78, 5) is 13.3. The van der Waals surface area contributed by atoms with E-state index in [0.29, 0.717) is 13.1 Å². The first-order chi connectivity index (χ1) is 9.60. The van der Waals surface area contributed by atoms with Crippen LogP contribution in [0.1, 0.15) is 42.6 Å². The van der Waals surface area contributed by atoms with Gasteiger partial charge >= 0.3 is 6.18 Å².